The summed E-state index contributed by atoms with van der Waals surface area (Å²) in [6.45, 7) is 11.0. The average molecular weight is 575 g/mol. The van der Waals surface area contributed by atoms with Crippen LogP contribution in [0, 0.1) is 23.2 Å². The van der Waals surface area contributed by atoms with Gasteiger partial charge in [-0.2, -0.15) is 5.06 Å². The zero-order chi connectivity index (χ0) is 30.0. The van der Waals surface area contributed by atoms with Crippen LogP contribution in [0.4, 0.5) is 0 Å². The Morgan fingerprint density at radius 2 is 1.71 bits per heavy atom. The number of nitrogens with zero attached hydrogens (tertiary/aromatic N) is 2. The van der Waals surface area contributed by atoms with Gasteiger partial charge in [-0.3, -0.25) is 14.4 Å². The van der Waals surface area contributed by atoms with E-state index < -0.39 is 0 Å². The first-order chi connectivity index (χ1) is 20.0. The van der Waals surface area contributed by atoms with Crippen LogP contribution < -0.4 is 10.6 Å². The number of carbonyl (C=O) groups is 2. The molecule has 3 unspecified atom stereocenters. The zero-order valence-corrected chi connectivity index (χ0v) is 26.4. The normalized spacial score (nSPS) is 25.7. The topological polar surface area (TPSA) is 73.9 Å². The van der Waals surface area contributed by atoms with Crippen molar-refractivity contribution in [1.29, 1.82) is 0 Å². The predicted octanol–water partition coefficient (Wildman–Crippen LogP) is 5.51. The molecule has 0 radical (unpaired) electrons. The molecule has 1 heterocycles. The van der Waals surface area contributed by atoms with Crippen molar-refractivity contribution in [2.75, 3.05) is 27.2 Å². The third-order valence-corrected chi connectivity index (χ3v) is 9.86. The summed E-state index contributed by atoms with van der Waals surface area (Å²) in [5.74, 6) is 2.00. The minimum Gasteiger partial charge on any atom is -0.352 e. The van der Waals surface area contributed by atoms with E-state index in [2.05, 4.69) is 61.4 Å². The highest BCUT2D eigenvalue weighted by Crippen LogP contribution is 2.59. The largest absolute Gasteiger partial charge is 0.352 e. The Morgan fingerprint density at radius 3 is 2.38 bits per heavy atom. The summed E-state index contributed by atoms with van der Waals surface area (Å²) in [5, 5.41) is 8.46. The van der Waals surface area contributed by atoms with Gasteiger partial charge in [0.25, 0.3) is 5.91 Å². The number of rotatable bonds is 11. The van der Waals surface area contributed by atoms with E-state index in [-0.39, 0.29) is 29.9 Å². The highest BCUT2D eigenvalue weighted by atomic mass is 16.7. The second-order valence-electron chi connectivity index (χ2n) is 14.2. The second-order valence-corrected chi connectivity index (χ2v) is 14.2. The molecule has 1 saturated heterocycles. The van der Waals surface area contributed by atoms with Crippen molar-refractivity contribution in [3.63, 3.8) is 0 Å². The Kier molecular flexibility index (Phi) is 9.41. The molecule has 3 saturated carbocycles. The van der Waals surface area contributed by atoms with Crippen LogP contribution in [0.5, 0.6) is 0 Å². The van der Waals surface area contributed by atoms with E-state index >= 15 is 0 Å². The van der Waals surface area contributed by atoms with Crippen LogP contribution in [0.3, 0.4) is 0 Å². The molecule has 2 N–H and O–H groups in total. The summed E-state index contributed by atoms with van der Waals surface area (Å²) >= 11 is 0. The minimum absolute atomic E-state index is 0.0429. The van der Waals surface area contributed by atoms with Crippen molar-refractivity contribution >= 4 is 11.8 Å². The van der Waals surface area contributed by atoms with Crippen LogP contribution in [-0.4, -0.2) is 67.1 Å². The third kappa shape index (κ3) is 7.07. The van der Waals surface area contributed by atoms with E-state index in [0.29, 0.717) is 36.5 Å². The van der Waals surface area contributed by atoms with Gasteiger partial charge in [-0.15, -0.1) is 0 Å². The van der Waals surface area contributed by atoms with Gasteiger partial charge in [-0.1, -0.05) is 58.0 Å². The maximum atomic E-state index is 13.3. The number of carbonyl (C=O) groups excluding carboxylic acids is 2. The highest BCUT2D eigenvalue weighted by Gasteiger charge is 2.53. The van der Waals surface area contributed by atoms with Crippen LogP contribution >= 0.6 is 0 Å². The SMILES string of the molecule is CC(C)CC(CN(C)C)NC(=O)c1cccc(-c2cccc(CN3OCC[C@H]3C(=O)NC3CC4C[C@@H](C3)C4(C)C)c2)c1. The fourth-order valence-corrected chi connectivity index (χ4v) is 7.38. The number of hydrogen-bond acceptors (Lipinski definition) is 5. The Labute approximate surface area is 252 Å². The number of fused-ring (bicyclic) bond motifs is 2. The van der Waals surface area contributed by atoms with Crippen LogP contribution in [0.1, 0.15) is 75.7 Å². The lowest BCUT2D eigenvalue weighted by molar-refractivity contribution is -0.159. The maximum Gasteiger partial charge on any atom is 0.251 e. The van der Waals surface area contributed by atoms with E-state index in [9.17, 15) is 9.59 Å². The van der Waals surface area contributed by atoms with Gasteiger partial charge in [0.1, 0.15) is 6.04 Å². The Morgan fingerprint density at radius 1 is 1.02 bits per heavy atom. The van der Waals surface area contributed by atoms with Gasteiger partial charge >= 0.3 is 0 Å². The molecule has 0 spiro atoms. The summed E-state index contributed by atoms with van der Waals surface area (Å²) in [7, 11) is 4.07. The molecule has 3 aliphatic carbocycles. The lowest BCUT2D eigenvalue weighted by Gasteiger charge is -2.59. The van der Waals surface area contributed by atoms with Crippen LogP contribution in [0.25, 0.3) is 11.1 Å². The number of benzene rings is 2. The standard InChI is InChI=1S/C35H50N4O3/c1-23(2)15-31(22-38(5)6)37-33(40)27-12-8-11-26(17-27)25-10-7-9-24(16-25)21-39-32(13-14-42-39)34(41)36-30-19-28-18-29(20-30)35(28,3)4/h7-12,16-17,23,28-32H,13-15,18-22H2,1-6H3,(H,36,41)(H,37,40)/t28-,29?,30?,31?,32-/m0/s1. The summed E-state index contributed by atoms with van der Waals surface area (Å²) in [5.41, 5.74) is 4.20. The smallest absolute Gasteiger partial charge is 0.251 e. The fourth-order valence-electron chi connectivity index (χ4n) is 7.38. The third-order valence-electron chi connectivity index (χ3n) is 9.86. The first kappa shape index (κ1) is 30.7. The fraction of sp³-hybridized carbons (Fsp3) is 0.600. The van der Waals surface area contributed by atoms with Crippen molar-refractivity contribution in [2.24, 2.45) is 23.2 Å². The average Bonchev–Trinajstić information content (AvgIpc) is 3.41. The van der Waals surface area contributed by atoms with Crippen LogP contribution in [0.15, 0.2) is 48.5 Å². The van der Waals surface area contributed by atoms with Gasteiger partial charge in [-0.05, 0) is 104 Å². The molecule has 7 nitrogen and oxygen atoms in total. The molecule has 5 atom stereocenters. The molecule has 1 aliphatic heterocycles. The molecule has 4 fully saturated rings. The van der Waals surface area contributed by atoms with Gasteiger partial charge in [0.05, 0.1) is 13.2 Å². The predicted molar refractivity (Wildman–Crippen MR) is 168 cm³/mol. The highest BCUT2D eigenvalue weighted by molar-refractivity contribution is 5.95. The minimum atomic E-state index is -0.270. The first-order valence-electron chi connectivity index (χ1n) is 15.8. The quantitative estimate of drug-likeness (QED) is 0.371. The molecule has 6 rings (SSSR count). The summed E-state index contributed by atoms with van der Waals surface area (Å²) in [6, 6.07) is 16.3. The number of hydrogen-bond donors (Lipinski definition) is 2. The number of likely N-dealkylation sites (N-methyl/N-ethyl adjacent to an activating group) is 1. The molecule has 7 heteroatoms. The second kappa shape index (κ2) is 12.9. The van der Waals surface area contributed by atoms with Gasteiger partial charge in [0, 0.05) is 24.2 Å². The monoisotopic (exact) mass is 574 g/mol. The Hall–Kier alpha value is -2.74. The van der Waals surface area contributed by atoms with Crippen molar-refractivity contribution in [3.05, 3.63) is 59.7 Å². The number of amides is 2. The summed E-state index contributed by atoms with van der Waals surface area (Å²) in [6.07, 6.45) is 5.14. The molecule has 4 aliphatic rings. The van der Waals surface area contributed by atoms with Crippen LogP contribution in [-0.2, 0) is 16.2 Å². The number of nitrogens with one attached hydrogen (secondary N) is 2. The van der Waals surface area contributed by atoms with Gasteiger partial charge in [0.15, 0.2) is 0 Å². The Bertz CT molecular complexity index is 1230. The lowest BCUT2D eigenvalue weighted by Crippen LogP contribution is -2.57. The molecule has 0 aromatic heterocycles. The molecule has 2 aromatic rings. The first-order valence-corrected chi connectivity index (χ1v) is 15.8. The van der Waals surface area contributed by atoms with Gasteiger partial charge in [-0.25, -0.2) is 0 Å². The maximum absolute atomic E-state index is 13.3. The van der Waals surface area contributed by atoms with E-state index in [1.165, 1.54) is 6.42 Å². The van der Waals surface area contributed by atoms with E-state index in [1.54, 1.807) is 0 Å². The van der Waals surface area contributed by atoms with E-state index in [1.807, 2.05) is 49.5 Å². The lowest BCUT2D eigenvalue weighted by atomic mass is 9.48. The van der Waals surface area contributed by atoms with Gasteiger partial charge in [0.2, 0.25) is 5.91 Å². The van der Waals surface area contributed by atoms with Gasteiger partial charge < -0.3 is 15.5 Å². The molecule has 2 amide bonds. The van der Waals surface area contributed by atoms with Crippen molar-refractivity contribution in [2.45, 2.75) is 84.5 Å². The Balaban J connectivity index is 1.21. The van der Waals surface area contributed by atoms with Crippen LogP contribution in [0.2, 0.25) is 0 Å². The van der Waals surface area contributed by atoms with Crippen molar-refractivity contribution in [1.82, 2.24) is 20.6 Å². The van der Waals surface area contributed by atoms with E-state index in [0.717, 1.165) is 54.3 Å². The molecule has 42 heavy (non-hydrogen) atoms. The molecule has 228 valence electrons. The molecular formula is C35H50N4O3. The number of hydroxylamine groups is 2. The molecule has 2 aromatic carbocycles. The van der Waals surface area contributed by atoms with E-state index in [4.69, 9.17) is 4.84 Å². The summed E-state index contributed by atoms with van der Waals surface area (Å²) < 4.78 is 0. The zero-order valence-electron chi connectivity index (χ0n) is 26.4. The molecule has 2 bridgehead atoms. The molecular weight excluding hydrogens is 524 g/mol. The van der Waals surface area contributed by atoms with Crippen molar-refractivity contribution < 1.29 is 14.4 Å². The van der Waals surface area contributed by atoms with Crippen molar-refractivity contribution in [3.8, 4) is 11.1 Å². The summed E-state index contributed by atoms with van der Waals surface area (Å²) in [4.78, 5) is 34.6.